The lowest BCUT2D eigenvalue weighted by Gasteiger charge is -2.23. The van der Waals surface area contributed by atoms with E-state index in [1.165, 1.54) is 19.3 Å². The van der Waals surface area contributed by atoms with Crippen molar-refractivity contribution >= 4 is 22.6 Å². The second-order valence-corrected chi connectivity index (χ2v) is 4.10. The Bertz CT molecular complexity index is 473. The van der Waals surface area contributed by atoms with E-state index in [0.717, 1.165) is 16.9 Å². The number of hydrogen-bond donors (Lipinski definition) is 1. The van der Waals surface area contributed by atoms with Crippen LogP contribution in [0.1, 0.15) is 31.0 Å². The molecule has 2 heterocycles. The number of aromatic amines is 1. The maximum atomic E-state index is 6.06. The highest BCUT2D eigenvalue weighted by molar-refractivity contribution is 6.33. The second kappa shape index (κ2) is 2.95. The minimum absolute atomic E-state index is 0.528. The third-order valence-electron chi connectivity index (χ3n) is 2.86. The van der Waals surface area contributed by atoms with Crippen LogP contribution in [-0.2, 0) is 0 Å². The zero-order chi connectivity index (χ0) is 9.54. The van der Waals surface area contributed by atoms with Crippen LogP contribution < -0.4 is 0 Å². The van der Waals surface area contributed by atoms with Gasteiger partial charge in [-0.15, -0.1) is 0 Å². The number of rotatable bonds is 1. The molecular formula is C10H10ClN3. The maximum Gasteiger partial charge on any atom is 0.142 e. The normalized spacial score (nSPS) is 17.2. The van der Waals surface area contributed by atoms with Gasteiger partial charge in [0.15, 0.2) is 0 Å². The summed E-state index contributed by atoms with van der Waals surface area (Å²) in [6, 6.07) is 1.90. The van der Waals surface area contributed by atoms with Crippen molar-refractivity contribution in [1.29, 1.82) is 0 Å². The Hall–Kier alpha value is -1.09. The van der Waals surface area contributed by atoms with Gasteiger partial charge in [0.1, 0.15) is 16.6 Å². The number of fused-ring (bicyclic) bond motifs is 1. The Morgan fingerprint density at radius 2 is 2.21 bits per heavy atom. The molecular weight excluding hydrogens is 198 g/mol. The molecule has 2 aromatic rings. The van der Waals surface area contributed by atoms with Gasteiger partial charge in [0.2, 0.25) is 0 Å². The minimum Gasteiger partial charge on any atom is -0.346 e. The number of nitrogens with zero attached hydrogens (tertiary/aromatic N) is 2. The molecule has 3 rings (SSSR count). The first-order chi connectivity index (χ1) is 6.84. The average Bonchev–Trinajstić information content (AvgIpc) is 2.48. The molecule has 72 valence electrons. The van der Waals surface area contributed by atoms with Crippen LogP contribution in [0.2, 0.25) is 5.15 Å². The highest BCUT2D eigenvalue weighted by Crippen LogP contribution is 2.35. The molecule has 0 aromatic carbocycles. The largest absolute Gasteiger partial charge is 0.346 e. The molecule has 0 saturated heterocycles. The number of hydrogen-bond acceptors (Lipinski definition) is 2. The van der Waals surface area contributed by atoms with Gasteiger partial charge < -0.3 is 4.98 Å². The van der Waals surface area contributed by atoms with Gasteiger partial charge in [0.25, 0.3) is 0 Å². The van der Waals surface area contributed by atoms with Crippen molar-refractivity contribution in [3.05, 3.63) is 23.2 Å². The molecule has 0 bridgehead atoms. The Labute approximate surface area is 86.5 Å². The Morgan fingerprint density at radius 3 is 2.93 bits per heavy atom. The molecule has 0 aliphatic heterocycles. The van der Waals surface area contributed by atoms with Crippen molar-refractivity contribution in [3.63, 3.8) is 0 Å². The standard InChI is InChI=1S/C10H10ClN3/c11-8-7-4-5-12-10(7)14-9(13-8)6-2-1-3-6/h4-6H,1-3H2,(H,12,13,14). The maximum absolute atomic E-state index is 6.06. The van der Waals surface area contributed by atoms with Crippen molar-refractivity contribution in [3.8, 4) is 0 Å². The fraction of sp³-hybridized carbons (Fsp3) is 0.400. The molecule has 14 heavy (non-hydrogen) atoms. The zero-order valence-corrected chi connectivity index (χ0v) is 8.38. The Morgan fingerprint density at radius 1 is 1.36 bits per heavy atom. The minimum atomic E-state index is 0.528. The molecule has 1 aliphatic rings. The molecule has 0 radical (unpaired) electrons. The molecule has 3 nitrogen and oxygen atoms in total. The number of aromatic nitrogens is 3. The first-order valence-electron chi connectivity index (χ1n) is 4.85. The van der Waals surface area contributed by atoms with Crippen LogP contribution in [0, 0.1) is 0 Å². The molecule has 1 N–H and O–H groups in total. The lowest BCUT2D eigenvalue weighted by molar-refractivity contribution is 0.402. The van der Waals surface area contributed by atoms with E-state index in [2.05, 4.69) is 15.0 Å². The fourth-order valence-electron chi connectivity index (χ4n) is 1.77. The van der Waals surface area contributed by atoms with Crippen LogP contribution in [0.15, 0.2) is 12.3 Å². The van der Waals surface area contributed by atoms with Gasteiger partial charge in [-0.2, -0.15) is 0 Å². The van der Waals surface area contributed by atoms with E-state index in [1.807, 2.05) is 12.3 Å². The molecule has 2 aromatic heterocycles. The smallest absolute Gasteiger partial charge is 0.142 e. The highest BCUT2D eigenvalue weighted by Gasteiger charge is 2.23. The van der Waals surface area contributed by atoms with E-state index in [9.17, 15) is 0 Å². The van der Waals surface area contributed by atoms with Crippen molar-refractivity contribution < 1.29 is 0 Å². The lowest BCUT2D eigenvalue weighted by Crippen LogP contribution is -2.12. The number of nitrogens with one attached hydrogen (secondary N) is 1. The molecule has 0 atom stereocenters. The van der Waals surface area contributed by atoms with E-state index in [-0.39, 0.29) is 0 Å². The molecule has 1 saturated carbocycles. The summed E-state index contributed by atoms with van der Waals surface area (Å²) in [5, 5.41) is 1.48. The second-order valence-electron chi connectivity index (χ2n) is 3.74. The van der Waals surface area contributed by atoms with Gasteiger partial charge in [-0.1, -0.05) is 18.0 Å². The molecule has 1 aliphatic carbocycles. The lowest BCUT2D eigenvalue weighted by atomic mass is 9.85. The first-order valence-corrected chi connectivity index (χ1v) is 5.23. The van der Waals surface area contributed by atoms with Crippen molar-refractivity contribution in [1.82, 2.24) is 15.0 Å². The fourth-order valence-corrected chi connectivity index (χ4v) is 2.01. The van der Waals surface area contributed by atoms with Crippen molar-refractivity contribution in [2.75, 3.05) is 0 Å². The molecule has 0 amide bonds. The summed E-state index contributed by atoms with van der Waals surface area (Å²) in [6.07, 6.45) is 5.52. The van der Waals surface area contributed by atoms with E-state index in [0.29, 0.717) is 11.1 Å². The molecule has 4 heteroatoms. The third kappa shape index (κ3) is 1.12. The van der Waals surface area contributed by atoms with Crippen LogP contribution in [-0.4, -0.2) is 15.0 Å². The highest BCUT2D eigenvalue weighted by atomic mass is 35.5. The third-order valence-corrected chi connectivity index (χ3v) is 3.14. The first kappa shape index (κ1) is 8.24. The van der Waals surface area contributed by atoms with Gasteiger partial charge in [0.05, 0.1) is 5.39 Å². The van der Waals surface area contributed by atoms with Gasteiger partial charge in [0, 0.05) is 12.1 Å². The van der Waals surface area contributed by atoms with Gasteiger partial charge in [-0.25, -0.2) is 9.97 Å². The van der Waals surface area contributed by atoms with Crippen LogP contribution in [0.25, 0.3) is 11.0 Å². The molecule has 1 fully saturated rings. The van der Waals surface area contributed by atoms with Gasteiger partial charge in [-0.3, -0.25) is 0 Å². The van der Waals surface area contributed by atoms with E-state index < -0.39 is 0 Å². The number of H-pyrrole nitrogens is 1. The van der Waals surface area contributed by atoms with Crippen molar-refractivity contribution in [2.45, 2.75) is 25.2 Å². The molecule has 0 spiro atoms. The summed E-state index contributed by atoms with van der Waals surface area (Å²) in [5.41, 5.74) is 0.854. The summed E-state index contributed by atoms with van der Waals surface area (Å²) in [7, 11) is 0. The number of halogens is 1. The Kier molecular flexibility index (Phi) is 1.74. The van der Waals surface area contributed by atoms with Crippen LogP contribution in [0.5, 0.6) is 0 Å². The van der Waals surface area contributed by atoms with E-state index >= 15 is 0 Å². The predicted octanol–water partition coefficient (Wildman–Crippen LogP) is 2.88. The van der Waals surface area contributed by atoms with E-state index in [1.54, 1.807) is 0 Å². The molecule has 0 unspecified atom stereocenters. The van der Waals surface area contributed by atoms with Crippen LogP contribution in [0.3, 0.4) is 0 Å². The van der Waals surface area contributed by atoms with Crippen LogP contribution >= 0.6 is 11.6 Å². The summed E-state index contributed by atoms with van der Waals surface area (Å²) in [5.74, 6) is 1.43. The monoisotopic (exact) mass is 207 g/mol. The summed E-state index contributed by atoms with van der Waals surface area (Å²) < 4.78 is 0. The quantitative estimate of drug-likeness (QED) is 0.731. The van der Waals surface area contributed by atoms with Gasteiger partial charge >= 0.3 is 0 Å². The van der Waals surface area contributed by atoms with Crippen molar-refractivity contribution in [2.24, 2.45) is 0 Å². The average molecular weight is 208 g/mol. The Balaban J connectivity index is 2.16. The van der Waals surface area contributed by atoms with E-state index in [4.69, 9.17) is 11.6 Å². The SMILES string of the molecule is Clc1nc(C2CCC2)nc2[nH]ccc12. The van der Waals surface area contributed by atoms with Gasteiger partial charge in [-0.05, 0) is 18.9 Å². The summed E-state index contributed by atoms with van der Waals surface area (Å²) >= 11 is 6.06. The summed E-state index contributed by atoms with van der Waals surface area (Å²) in [4.78, 5) is 11.9. The predicted molar refractivity (Wildman–Crippen MR) is 55.5 cm³/mol. The topological polar surface area (TPSA) is 41.6 Å². The van der Waals surface area contributed by atoms with Crippen LogP contribution in [0.4, 0.5) is 0 Å². The zero-order valence-electron chi connectivity index (χ0n) is 7.63. The summed E-state index contributed by atoms with van der Waals surface area (Å²) in [6.45, 7) is 0.